The Morgan fingerprint density at radius 2 is 1.84 bits per heavy atom. The topological polar surface area (TPSA) is 15.3 Å². The van der Waals surface area contributed by atoms with Gasteiger partial charge in [-0.05, 0) is 18.6 Å². The van der Waals surface area contributed by atoms with Gasteiger partial charge in [0.15, 0.2) is 0 Å². The van der Waals surface area contributed by atoms with Crippen LogP contribution in [0.5, 0.6) is 0 Å². The van der Waals surface area contributed by atoms with Crippen LogP contribution >= 0.6 is 0 Å². The maximum Gasteiger partial charge on any atom is 0.419 e. The lowest BCUT2D eigenvalue weighted by Crippen LogP contribution is -2.44. The summed E-state index contributed by atoms with van der Waals surface area (Å²) in [5.74, 6) is -1.20. The van der Waals surface area contributed by atoms with E-state index >= 15 is 0 Å². The zero-order chi connectivity index (χ0) is 14.0. The lowest BCUT2D eigenvalue weighted by Gasteiger charge is -2.34. The van der Waals surface area contributed by atoms with E-state index in [0.717, 1.165) is 19.2 Å². The zero-order valence-electron chi connectivity index (χ0n) is 10.6. The van der Waals surface area contributed by atoms with Crippen LogP contribution in [0.15, 0.2) is 18.2 Å². The van der Waals surface area contributed by atoms with Crippen LogP contribution in [0.3, 0.4) is 0 Å². The molecule has 2 nitrogen and oxygen atoms in total. The quantitative estimate of drug-likeness (QED) is 0.836. The molecule has 6 heteroatoms. The molecule has 0 bridgehead atoms. The first-order valence-corrected chi connectivity index (χ1v) is 6.21. The Balaban J connectivity index is 2.35. The minimum absolute atomic E-state index is 0.00870. The van der Waals surface area contributed by atoms with Crippen LogP contribution < -0.4 is 5.32 Å². The molecule has 2 rings (SSSR count). The average molecular weight is 276 g/mol. The van der Waals surface area contributed by atoms with Crippen LogP contribution in [0.4, 0.5) is 17.6 Å². The van der Waals surface area contributed by atoms with E-state index in [1.807, 2.05) is 4.90 Å². The Labute approximate surface area is 109 Å². The molecule has 1 N–H and O–H groups in total. The number of nitrogens with one attached hydrogen (secondary N) is 1. The fraction of sp³-hybridized carbons (Fsp3) is 0.538. The Morgan fingerprint density at radius 1 is 1.21 bits per heavy atom. The number of rotatable bonds is 2. The summed E-state index contributed by atoms with van der Waals surface area (Å²) in [5, 5.41) is 3.14. The van der Waals surface area contributed by atoms with Crippen LogP contribution in [0.25, 0.3) is 0 Å². The Hall–Kier alpha value is -1.14. The molecule has 0 amide bonds. The largest absolute Gasteiger partial charge is 0.419 e. The molecule has 1 aliphatic heterocycles. The summed E-state index contributed by atoms with van der Waals surface area (Å²) in [7, 11) is 0. The summed E-state index contributed by atoms with van der Waals surface area (Å²) in [5.41, 5.74) is -1.13. The second kappa shape index (κ2) is 5.46. The molecule has 1 saturated heterocycles. The third-order valence-electron chi connectivity index (χ3n) is 3.48. The predicted octanol–water partition coefficient (Wildman–Crippen LogP) is 2.81. The van der Waals surface area contributed by atoms with Gasteiger partial charge in [-0.1, -0.05) is 12.1 Å². The zero-order valence-corrected chi connectivity index (χ0v) is 10.6. The summed E-state index contributed by atoms with van der Waals surface area (Å²) < 4.78 is 52.4. The van der Waals surface area contributed by atoms with Gasteiger partial charge >= 0.3 is 6.18 Å². The second-order valence-corrected chi connectivity index (χ2v) is 4.66. The molecular weight excluding hydrogens is 260 g/mol. The fourth-order valence-corrected chi connectivity index (χ4v) is 2.45. The first-order chi connectivity index (χ1) is 8.91. The highest BCUT2D eigenvalue weighted by Gasteiger charge is 2.38. The van der Waals surface area contributed by atoms with E-state index in [-0.39, 0.29) is 5.56 Å². The summed E-state index contributed by atoms with van der Waals surface area (Å²) >= 11 is 0. The van der Waals surface area contributed by atoms with Crippen molar-refractivity contribution >= 4 is 0 Å². The van der Waals surface area contributed by atoms with Crippen molar-refractivity contribution < 1.29 is 17.6 Å². The molecule has 1 heterocycles. The van der Waals surface area contributed by atoms with Gasteiger partial charge in [-0.3, -0.25) is 4.90 Å². The van der Waals surface area contributed by atoms with Crippen molar-refractivity contribution in [3.63, 3.8) is 0 Å². The fourth-order valence-electron chi connectivity index (χ4n) is 2.45. The highest BCUT2D eigenvalue weighted by atomic mass is 19.4. The van der Waals surface area contributed by atoms with Crippen LogP contribution in [-0.4, -0.2) is 31.1 Å². The lowest BCUT2D eigenvalue weighted by molar-refractivity contribution is -0.141. The number of benzene rings is 1. The molecule has 1 aromatic carbocycles. The van der Waals surface area contributed by atoms with Gasteiger partial charge in [0.1, 0.15) is 5.82 Å². The minimum Gasteiger partial charge on any atom is -0.314 e. The Morgan fingerprint density at radius 3 is 2.42 bits per heavy atom. The van der Waals surface area contributed by atoms with E-state index < -0.39 is 23.6 Å². The van der Waals surface area contributed by atoms with E-state index in [1.54, 1.807) is 6.92 Å². The lowest BCUT2D eigenvalue weighted by atomic mass is 9.98. The molecule has 0 unspecified atom stereocenters. The van der Waals surface area contributed by atoms with Gasteiger partial charge in [-0.15, -0.1) is 0 Å². The summed E-state index contributed by atoms with van der Waals surface area (Å²) in [6.45, 7) is 4.49. The van der Waals surface area contributed by atoms with Crippen molar-refractivity contribution in [3.05, 3.63) is 35.1 Å². The van der Waals surface area contributed by atoms with Gasteiger partial charge in [0.25, 0.3) is 0 Å². The van der Waals surface area contributed by atoms with Crippen LogP contribution in [0.1, 0.15) is 24.1 Å². The second-order valence-electron chi connectivity index (χ2n) is 4.66. The first kappa shape index (κ1) is 14.3. The van der Waals surface area contributed by atoms with Gasteiger partial charge in [0, 0.05) is 32.2 Å². The maximum atomic E-state index is 13.5. The van der Waals surface area contributed by atoms with Gasteiger partial charge in [-0.25, -0.2) is 4.39 Å². The molecule has 106 valence electrons. The highest BCUT2D eigenvalue weighted by molar-refractivity contribution is 5.33. The highest BCUT2D eigenvalue weighted by Crippen LogP contribution is 2.37. The Kier molecular flexibility index (Phi) is 4.10. The van der Waals surface area contributed by atoms with Gasteiger partial charge in [0.05, 0.1) is 5.56 Å². The molecule has 0 saturated carbocycles. The molecule has 1 aliphatic rings. The molecule has 0 spiro atoms. The van der Waals surface area contributed by atoms with Gasteiger partial charge in [-0.2, -0.15) is 13.2 Å². The van der Waals surface area contributed by atoms with Crippen molar-refractivity contribution in [1.82, 2.24) is 10.2 Å². The molecule has 0 radical (unpaired) electrons. The SMILES string of the molecule is C[C@H](c1cccc(F)c1C(F)(F)F)N1CCNCC1. The standard InChI is InChI=1S/C13H16F4N2/c1-9(19-7-5-18-6-8-19)10-3-2-4-11(14)12(10)13(15,16)17/h2-4,9,18H,5-8H2,1H3/t9-/m1/s1. The van der Waals surface area contributed by atoms with Crippen LogP contribution in [-0.2, 0) is 6.18 Å². The van der Waals surface area contributed by atoms with E-state index in [1.165, 1.54) is 12.1 Å². The van der Waals surface area contributed by atoms with Crippen molar-refractivity contribution in [1.29, 1.82) is 0 Å². The number of alkyl halides is 3. The predicted molar refractivity (Wildman–Crippen MR) is 64.3 cm³/mol. The van der Waals surface area contributed by atoms with Crippen molar-refractivity contribution in [2.75, 3.05) is 26.2 Å². The number of nitrogens with zero attached hydrogens (tertiary/aromatic N) is 1. The third-order valence-corrected chi connectivity index (χ3v) is 3.48. The van der Waals surface area contributed by atoms with Crippen LogP contribution in [0, 0.1) is 5.82 Å². The maximum absolute atomic E-state index is 13.5. The van der Waals surface area contributed by atoms with E-state index in [0.29, 0.717) is 13.1 Å². The number of halogens is 4. The number of hydrogen-bond donors (Lipinski definition) is 1. The Bertz CT molecular complexity index is 439. The van der Waals surface area contributed by atoms with Gasteiger partial charge in [0.2, 0.25) is 0 Å². The smallest absolute Gasteiger partial charge is 0.314 e. The minimum atomic E-state index is -4.66. The third kappa shape index (κ3) is 3.06. The summed E-state index contributed by atoms with van der Waals surface area (Å²) in [6.07, 6.45) is -4.66. The first-order valence-electron chi connectivity index (χ1n) is 6.21. The van der Waals surface area contributed by atoms with Crippen molar-refractivity contribution in [2.24, 2.45) is 0 Å². The molecule has 1 aromatic rings. The molecule has 0 aliphatic carbocycles. The van der Waals surface area contributed by atoms with E-state index in [9.17, 15) is 17.6 Å². The van der Waals surface area contributed by atoms with Crippen LogP contribution in [0.2, 0.25) is 0 Å². The molecule has 1 fully saturated rings. The number of hydrogen-bond acceptors (Lipinski definition) is 2. The average Bonchev–Trinajstić information content (AvgIpc) is 2.37. The van der Waals surface area contributed by atoms with Crippen molar-refractivity contribution in [3.8, 4) is 0 Å². The molecule has 1 atom stereocenters. The van der Waals surface area contributed by atoms with Crippen molar-refractivity contribution in [2.45, 2.75) is 19.1 Å². The van der Waals surface area contributed by atoms with Gasteiger partial charge < -0.3 is 5.32 Å². The summed E-state index contributed by atoms with van der Waals surface area (Å²) in [6, 6.07) is 3.10. The summed E-state index contributed by atoms with van der Waals surface area (Å²) in [4.78, 5) is 1.93. The molecule has 0 aromatic heterocycles. The molecule has 19 heavy (non-hydrogen) atoms. The molecular formula is C13H16F4N2. The van der Waals surface area contributed by atoms with E-state index in [2.05, 4.69) is 5.32 Å². The van der Waals surface area contributed by atoms with E-state index in [4.69, 9.17) is 0 Å². The number of piperazine rings is 1. The monoisotopic (exact) mass is 276 g/mol. The normalized spacial score (nSPS) is 19.4.